The number of benzene rings is 2. The summed E-state index contributed by atoms with van der Waals surface area (Å²) in [5.41, 5.74) is 7.29. The van der Waals surface area contributed by atoms with Crippen molar-refractivity contribution in [1.82, 2.24) is 0 Å². The molecule has 2 rings (SSSR count). The summed E-state index contributed by atoms with van der Waals surface area (Å²) in [4.78, 5) is 13.1. The van der Waals surface area contributed by atoms with Gasteiger partial charge < -0.3 is 4.74 Å². The molecule has 0 bridgehead atoms. The van der Waals surface area contributed by atoms with E-state index in [-0.39, 0.29) is 17.8 Å². The Morgan fingerprint density at radius 3 is 1.56 bits per heavy atom. The fourth-order valence-electron chi connectivity index (χ4n) is 3.65. The highest BCUT2D eigenvalue weighted by atomic mass is 16.5. The van der Waals surface area contributed by atoms with E-state index < -0.39 is 0 Å². The average molecular weight is 367 g/mol. The third-order valence-electron chi connectivity index (χ3n) is 5.16. The Balaban J connectivity index is 2.59. The molecule has 0 unspecified atom stereocenters. The molecule has 2 nitrogen and oxygen atoms in total. The fraction of sp³-hybridized carbons (Fsp3) is 0.480. The summed E-state index contributed by atoms with van der Waals surface area (Å²) < 4.78 is 6.08. The molecule has 2 aromatic carbocycles. The Labute approximate surface area is 165 Å². The molecule has 0 spiro atoms. The third-order valence-corrected chi connectivity index (χ3v) is 5.16. The molecule has 0 saturated carbocycles. The molecule has 2 aromatic rings. The zero-order chi connectivity index (χ0) is 20.5. The van der Waals surface area contributed by atoms with Gasteiger partial charge in [0.2, 0.25) is 0 Å². The first-order valence-corrected chi connectivity index (χ1v) is 10.0. The molecule has 2 heteroatoms. The van der Waals surface area contributed by atoms with E-state index in [9.17, 15) is 4.79 Å². The maximum Gasteiger partial charge on any atom is 0.344 e. The van der Waals surface area contributed by atoms with E-state index in [1.54, 1.807) is 0 Å². The van der Waals surface area contributed by atoms with Crippen LogP contribution in [0, 0.1) is 20.8 Å². The van der Waals surface area contributed by atoms with E-state index in [0.717, 1.165) is 33.6 Å². The summed E-state index contributed by atoms with van der Waals surface area (Å²) in [6.45, 7) is 19.0. The molecular formula is C25H34O2. The summed E-state index contributed by atoms with van der Waals surface area (Å²) in [5.74, 6) is 1.49. The minimum Gasteiger partial charge on any atom is -0.422 e. The number of hydrogen-bond acceptors (Lipinski definition) is 2. The van der Waals surface area contributed by atoms with Crippen molar-refractivity contribution in [3.63, 3.8) is 0 Å². The molecule has 0 N–H and O–H groups in total. The lowest BCUT2D eigenvalue weighted by molar-refractivity contribution is 0.0729. The molecule has 0 aliphatic rings. The molecule has 0 radical (unpaired) electrons. The van der Waals surface area contributed by atoms with E-state index in [1.165, 1.54) is 5.56 Å². The van der Waals surface area contributed by atoms with Crippen LogP contribution in [0.3, 0.4) is 0 Å². The van der Waals surface area contributed by atoms with Gasteiger partial charge in [0.15, 0.2) is 0 Å². The number of ether oxygens (including phenoxy) is 1. The van der Waals surface area contributed by atoms with Crippen molar-refractivity contribution in [3.05, 3.63) is 63.2 Å². The van der Waals surface area contributed by atoms with E-state index >= 15 is 0 Å². The van der Waals surface area contributed by atoms with Gasteiger partial charge in [-0.25, -0.2) is 4.79 Å². The van der Waals surface area contributed by atoms with Gasteiger partial charge in [0.05, 0.1) is 5.56 Å². The largest absolute Gasteiger partial charge is 0.422 e. The van der Waals surface area contributed by atoms with E-state index in [4.69, 9.17) is 4.74 Å². The number of hydrogen-bond donors (Lipinski definition) is 0. The SMILES string of the molecule is Cc1cc(C)c(C(=O)Oc2c(C(C)C)cc(C(C)C)cc2C(C)C)c(C)c1. The molecule has 0 aliphatic carbocycles. The van der Waals surface area contributed by atoms with Crippen LogP contribution in [0.4, 0.5) is 0 Å². The van der Waals surface area contributed by atoms with Gasteiger partial charge in [0.25, 0.3) is 0 Å². The molecule has 0 aliphatic heterocycles. The second-order valence-corrected chi connectivity index (χ2v) is 8.66. The standard InChI is InChI=1S/C25H34O2/c1-14(2)20-12-21(15(3)4)24(22(13-20)16(5)6)27-25(26)23-18(8)10-17(7)11-19(23)9/h10-16H,1-9H3. The van der Waals surface area contributed by atoms with E-state index in [0.29, 0.717) is 11.5 Å². The average Bonchev–Trinajstić information content (AvgIpc) is 2.52. The van der Waals surface area contributed by atoms with Gasteiger partial charge in [-0.3, -0.25) is 0 Å². The lowest BCUT2D eigenvalue weighted by atomic mass is 9.88. The maximum absolute atomic E-state index is 13.1. The van der Waals surface area contributed by atoms with Crippen LogP contribution in [0.2, 0.25) is 0 Å². The number of carbonyl (C=O) groups excluding carboxylic acids is 1. The van der Waals surface area contributed by atoms with Crippen molar-refractivity contribution in [1.29, 1.82) is 0 Å². The van der Waals surface area contributed by atoms with Crippen molar-refractivity contribution >= 4 is 5.97 Å². The van der Waals surface area contributed by atoms with Crippen LogP contribution in [0.1, 0.15) is 103 Å². The Hall–Kier alpha value is -2.09. The summed E-state index contributed by atoms with van der Waals surface area (Å²) in [7, 11) is 0. The molecule has 146 valence electrons. The van der Waals surface area contributed by atoms with Crippen molar-refractivity contribution < 1.29 is 9.53 Å². The molecule has 27 heavy (non-hydrogen) atoms. The van der Waals surface area contributed by atoms with Crippen LogP contribution in [0.25, 0.3) is 0 Å². The highest BCUT2D eigenvalue weighted by Gasteiger charge is 2.23. The molecule has 0 amide bonds. The van der Waals surface area contributed by atoms with Gasteiger partial charge in [0, 0.05) is 0 Å². The van der Waals surface area contributed by atoms with Crippen molar-refractivity contribution in [2.24, 2.45) is 0 Å². The van der Waals surface area contributed by atoms with Crippen LogP contribution in [-0.2, 0) is 0 Å². The van der Waals surface area contributed by atoms with E-state index in [2.05, 4.69) is 53.7 Å². The van der Waals surface area contributed by atoms with Gasteiger partial charge >= 0.3 is 5.97 Å². The third kappa shape index (κ3) is 4.61. The summed E-state index contributed by atoms with van der Waals surface area (Å²) in [5, 5.41) is 0. The van der Waals surface area contributed by atoms with Gasteiger partial charge in [-0.2, -0.15) is 0 Å². The van der Waals surface area contributed by atoms with Crippen LogP contribution >= 0.6 is 0 Å². The smallest absolute Gasteiger partial charge is 0.344 e. The highest BCUT2D eigenvalue weighted by molar-refractivity contribution is 5.94. The second-order valence-electron chi connectivity index (χ2n) is 8.66. The molecule has 0 aromatic heterocycles. The fourth-order valence-corrected chi connectivity index (χ4v) is 3.65. The van der Waals surface area contributed by atoms with Gasteiger partial charge in [-0.1, -0.05) is 71.4 Å². The molecule has 0 fully saturated rings. The minimum absolute atomic E-state index is 0.258. The first kappa shape index (κ1) is 21.2. The number of esters is 1. The first-order chi connectivity index (χ1) is 12.5. The van der Waals surface area contributed by atoms with Crippen molar-refractivity contribution in [2.45, 2.75) is 80.1 Å². The van der Waals surface area contributed by atoms with E-state index in [1.807, 2.05) is 32.9 Å². The van der Waals surface area contributed by atoms with Crippen LogP contribution in [-0.4, -0.2) is 5.97 Å². The Bertz CT molecular complexity index is 789. The number of carbonyl (C=O) groups is 1. The second kappa shape index (κ2) is 8.29. The first-order valence-electron chi connectivity index (χ1n) is 10.0. The molecule has 0 heterocycles. The van der Waals surface area contributed by atoms with Crippen molar-refractivity contribution in [2.75, 3.05) is 0 Å². The maximum atomic E-state index is 13.1. The summed E-state index contributed by atoms with van der Waals surface area (Å²) >= 11 is 0. The zero-order valence-corrected chi connectivity index (χ0v) is 18.4. The molecule has 0 saturated heterocycles. The molecule has 0 atom stereocenters. The lowest BCUT2D eigenvalue weighted by Gasteiger charge is -2.22. The van der Waals surface area contributed by atoms with Crippen LogP contribution in [0.15, 0.2) is 24.3 Å². The van der Waals surface area contributed by atoms with Crippen LogP contribution in [0.5, 0.6) is 5.75 Å². The minimum atomic E-state index is -0.258. The van der Waals surface area contributed by atoms with Gasteiger partial charge in [-0.05, 0) is 66.3 Å². The Kier molecular flexibility index (Phi) is 6.51. The quantitative estimate of drug-likeness (QED) is 0.413. The summed E-state index contributed by atoms with van der Waals surface area (Å²) in [6, 6.07) is 8.49. The number of aryl methyl sites for hydroxylation is 3. The zero-order valence-electron chi connectivity index (χ0n) is 18.4. The Morgan fingerprint density at radius 2 is 1.19 bits per heavy atom. The van der Waals surface area contributed by atoms with Crippen LogP contribution < -0.4 is 4.74 Å². The number of rotatable bonds is 5. The Morgan fingerprint density at radius 1 is 0.741 bits per heavy atom. The topological polar surface area (TPSA) is 26.3 Å². The molecular weight excluding hydrogens is 332 g/mol. The predicted octanol–water partition coefficient (Wildman–Crippen LogP) is 7.20. The predicted molar refractivity (Wildman–Crippen MR) is 114 cm³/mol. The summed E-state index contributed by atoms with van der Waals surface area (Å²) in [6.07, 6.45) is 0. The highest BCUT2D eigenvalue weighted by Crippen LogP contribution is 2.38. The van der Waals surface area contributed by atoms with Gasteiger partial charge in [-0.15, -0.1) is 0 Å². The lowest BCUT2D eigenvalue weighted by Crippen LogP contribution is -2.16. The monoisotopic (exact) mass is 366 g/mol. The normalized spacial score (nSPS) is 11.6. The van der Waals surface area contributed by atoms with Crippen molar-refractivity contribution in [3.8, 4) is 5.75 Å². The van der Waals surface area contributed by atoms with Gasteiger partial charge in [0.1, 0.15) is 5.75 Å².